The lowest BCUT2D eigenvalue weighted by Gasteiger charge is -2.12. The molecule has 2 rings (SSSR count). The largest absolute Gasteiger partial charge is 0.507 e. The van der Waals surface area contributed by atoms with Crippen molar-refractivity contribution in [3.63, 3.8) is 0 Å². The SMILES string of the molecule is COc1ccc(O)c(-c2cc(O)c(OC)cc2C)c1. The molecular weight excluding hydrogens is 244 g/mol. The first-order valence-corrected chi connectivity index (χ1v) is 5.81. The molecule has 2 N–H and O–H groups in total. The van der Waals surface area contributed by atoms with Crippen LogP contribution in [0.4, 0.5) is 0 Å². The summed E-state index contributed by atoms with van der Waals surface area (Å²) in [5.74, 6) is 1.21. The minimum Gasteiger partial charge on any atom is -0.507 e. The average Bonchev–Trinajstić information content (AvgIpc) is 2.41. The van der Waals surface area contributed by atoms with Gasteiger partial charge in [0.2, 0.25) is 0 Å². The molecule has 0 saturated heterocycles. The number of aryl methyl sites for hydroxylation is 1. The summed E-state index contributed by atoms with van der Waals surface area (Å²) in [4.78, 5) is 0. The molecule has 4 nitrogen and oxygen atoms in total. The molecule has 2 aromatic rings. The van der Waals surface area contributed by atoms with Crippen molar-refractivity contribution < 1.29 is 19.7 Å². The molecule has 0 heterocycles. The van der Waals surface area contributed by atoms with E-state index in [1.54, 1.807) is 37.4 Å². The van der Waals surface area contributed by atoms with Gasteiger partial charge in [0.25, 0.3) is 0 Å². The third-order valence-electron chi connectivity index (χ3n) is 3.02. The van der Waals surface area contributed by atoms with Crippen LogP contribution >= 0.6 is 0 Å². The fourth-order valence-corrected chi connectivity index (χ4v) is 1.98. The smallest absolute Gasteiger partial charge is 0.160 e. The molecule has 0 amide bonds. The predicted octanol–water partition coefficient (Wildman–Crippen LogP) is 3.09. The molecule has 0 atom stereocenters. The summed E-state index contributed by atoms with van der Waals surface area (Å²) in [5.41, 5.74) is 2.22. The van der Waals surface area contributed by atoms with Crippen molar-refractivity contribution >= 4 is 0 Å². The molecule has 0 saturated carbocycles. The number of phenols is 2. The normalized spacial score (nSPS) is 10.3. The van der Waals surface area contributed by atoms with Gasteiger partial charge in [-0.15, -0.1) is 0 Å². The lowest BCUT2D eigenvalue weighted by atomic mass is 9.98. The van der Waals surface area contributed by atoms with E-state index in [0.29, 0.717) is 17.1 Å². The molecule has 0 aliphatic heterocycles. The second-order valence-electron chi connectivity index (χ2n) is 4.22. The number of aromatic hydroxyl groups is 2. The van der Waals surface area contributed by atoms with Crippen molar-refractivity contribution in [3.05, 3.63) is 35.9 Å². The molecule has 0 spiro atoms. The van der Waals surface area contributed by atoms with Crippen LogP contribution in [0, 0.1) is 6.92 Å². The standard InChI is InChI=1S/C15H16O4/c1-9-6-15(19-3)14(17)8-11(9)12-7-10(18-2)4-5-13(12)16/h4-8,16-17H,1-3H3. The molecule has 0 aliphatic rings. The second-order valence-corrected chi connectivity index (χ2v) is 4.22. The van der Waals surface area contributed by atoms with E-state index >= 15 is 0 Å². The summed E-state index contributed by atoms with van der Waals surface area (Å²) in [6.07, 6.45) is 0. The zero-order valence-corrected chi connectivity index (χ0v) is 11.1. The Hall–Kier alpha value is -2.36. The molecule has 0 aliphatic carbocycles. The third-order valence-corrected chi connectivity index (χ3v) is 3.02. The van der Waals surface area contributed by atoms with Gasteiger partial charge in [-0.05, 0) is 48.4 Å². The highest BCUT2D eigenvalue weighted by Crippen LogP contribution is 2.39. The van der Waals surface area contributed by atoms with Crippen LogP contribution in [0.2, 0.25) is 0 Å². The summed E-state index contributed by atoms with van der Waals surface area (Å²) in [7, 11) is 3.06. The average molecular weight is 260 g/mol. The maximum Gasteiger partial charge on any atom is 0.160 e. The van der Waals surface area contributed by atoms with Crippen LogP contribution in [0.5, 0.6) is 23.0 Å². The highest BCUT2D eigenvalue weighted by atomic mass is 16.5. The van der Waals surface area contributed by atoms with Gasteiger partial charge in [-0.1, -0.05) is 0 Å². The summed E-state index contributed by atoms with van der Waals surface area (Å²) in [5, 5.41) is 19.8. The molecule has 100 valence electrons. The Morgan fingerprint density at radius 3 is 2.21 bits per heavy atom. The van der Waals surface area contributed by atoms with Crippen molar-refractivity contribution in [2.45, 2.75) is 6.92 Å². The first kappa shape index (κ1) is 13.1. The number of methoxy groups -OCH3 is 2. The summed E-state index contributed by atoms with van der Waals surface area (Å²) in [6, 6.07) is 8.27. The fourth-order valence-electron chi connectivity index (χ4n) is 1.98. The van der Waals surface area contributed by atoms with Crippen LogP contribution in [0.15, 0.2) is 30.3 Å². The maximum absolute atomic E-state index is 9.96. The van der Waals surface area contributed by atoms with Crippen molar-refractivity contribution in [3.8, 4) is 34.1 Å². The predicted molar refractivity (Wildman–Crippen MR) is 73.0 cm³/mol. The van der Waals surface area contributed by atoms with E-state index in [1.807, 2.05) is 6.92 Å². The van der Waals surface area contributed by atoms with Crippen LogP contribution in [-0.4, -0.2) is 24.4 Å². The number of hydrogen-bond donors (Lipinski definition) is 2. The number of phenolic OH excluding ortho intramolecular Hbond substituents is 2. The Morgan fingerprint density at radius 2 is 1.58 bits per heavy atom. The minimum absolute atomic E-state index is 0.0327. The molecule has 0 fully saturated rings. The van der Waals surface area contributed by atoms with Gasteiger partial charge in [0.1, 0.15) is 11.5 Å². The Balaban J connectivity index is 2.61. The van der Waals surface area contributed by atoms with Gasteiger partial charge in [0.05, 0.1) is 14.2 Å². The summed E-state index contributed by atoms with van der Waals surface area (Å²) in [6.45, 7) is 1.89. The Morgan fingerprint density at radius 1 is 0.842 bits per heavy atom. The lowest BCUT2D eigenvalue weighted by molar-refractivity contribution is 0.373. The summed E-state index contributed by atoms with van der Waals surface area (Å²) >= 11 is 0. The van der Waals surface area contributed by atoms with Gasteiger partial charge >= 0.3 is 0 Å². The van der Waals surface area contributed by atoms with E-state index in [-0.39, 0.29) is 11.5 Å². The van der Waals surface area contributed by atoms with Gasteiger partial charge in [-0.3, -0.25) is 0 Å². The quantitative estimate of drug-likeness (QED) is 0.890. The van der Waals surface area contributed by atoms with Gasteiger partial charge in [0.15, 0.2) is 11.5 Å². The third kappa shape index (κ3) is 2.42. The molecule has 0 unspecified atom stereocenters. The van der Waals surface area contributed by atoms with Crippen molar-refractivity contribution in [2.24, 2.45) is 0 Å². The maximum atomic E-state index is 9.96. The Kier molecular flexibility index (Phi) is 3.51. The van der Waals surface area contributed by atoms with Gasteiger partial charge in [-0.2, -0.15) is 0 Å². The van der Waals surface area contributed by atoms with Crippen LogP contribution < -0.4 is 9.47 Å². The van der Waals surface area contributed by atoms with Gasteiger partial charge in [0, 0.05) is 5.56 Å². The first-order valence-electron chi connectivity index (χ1n) is 5.81. The van der Waals surface area contributed by atoms with E-state index in [4.69, 9.17) is 9.47 Å². The topological polar surface area (TPSA) is 58.9 Å². The zero-order valence-electron chi connectivity index (χ0n) is 11.1. The van der Waals surface area contributed by atoms with E-state index < -0.39 is 0 Å². The lowest BCUT2D eigenvalue weighted by Crippen LogP contribution is -1.90. The monoisotopic (exact) mass is 260 g/mol. The molecular formula is C15H16O4. The highest BCUT2D eigenvalue weighted by molar-refractivity contribution is 5.76. The van der Waals surface area contributed by atoms with E-state index in [9.17, 15) is 10.2 Å². The van der Waals surface area contributed by atoms with Crippen LogP contribution in [0.1, 0.15) is 5.56 Å². The van der Waals surface area contributed by atoms with Crippen molar-refractivity contribution in [1.29, 1.82) is 0 Å². The van der Waals surface area contributed by atoms with E-state index in [2.05, 4.69) is 0 Å². The molecule has 0 aromatic heterocycles. The zero-order chi connectivity index (χ0) is 14.0. The molecule has 2 aromatic carbocycles. The molecule has 0 bridgehead atoms. The van der Waals surface area contributed by atoms with Crippen LogP contribution in [0.25, 0.3) is 11.1 Å². The highest BCUT2D eigenvalue weighted by Gasteiger charge is 2.12. The second kappa shape index (κ2) is 5.10. The van der Waals surface area contributed by atoms with Crippen molar-refractivity contribution in [1.82, 2.24) is 0 Å². The van der Waals surface area contributed by atoms with Gasteiger partial charge < -0.3 is 19.7 Å². The number of rotatable bonds is 3. The number of hydrogen-bond acceptors (Lipinski definition) is 4. The van der Waals surface area contributed by atoms with E-state index in [1.165, 1.54) is 7.11 Å². The fraction of sp³-hybridized carbons (Fsp3) is 0.200. The Labute approximate surface area is 111 Å². The van der Waals surface area contributed by atoms with Crippen LogP contribution in [0.3, 0.4) is 0 Å². The van der Waals surface area contributed by atoms with E-state index in [0.717, 1.165) is 11.1 Å². The molecule has 0 radical (unpaired) electrons. The van der Waals surface area contributed by atoms with Crippen LogP contribution in [-0.2, 0) is 0 Å². The number of benzene rings is 2. The van der Waals surface area contributed by atoms with Crippen molar-refractivity contribution in [2.75, 3.05) is 14.2 Å². The number of ether oxygens (including phenoxy) is 2. The van der Waals surface area contributed by atoms with Gasteiger partial charge in [-0.25, -0.2) is 0 Å². The first-order chi connectivity index (χ1) is 9.06. The minimum atomic E-state index is 0.0327. The molecule has 19 heavy (non-hydrogen) atoms. The summed E-state index contributed by atoms with van der Waals surface area (Å²) < 4.78 is 10.2. The Bertz CT molecular complexity index is 605. The molecule has 4 heteroatoms.